The Bertz CT molecular complexity index is 486. The fourth-order valence-electron chi connectivity index (χ4n) is 2.56. The van der Waals surface area contributed by atoms with E-state index in [1.807, 2.05) is 0 Å². The summed E-state index contributed by atoms with van der Waals surface area (Å²) in [6.45, 7) is 0.333. The summed E-state index contributed by atoms with van der Waals surface area (Å²) in [4.78, 5) is 13.4. The largest absolute Gasteiger partial charge is 0.469 e. The molecular weight excluding hydrogens is 252 g/mol. The Morgan fingerprint density at radius 1 is 1.42 bits per heavy atom. The number of hydrogen-bond acceptors (Lipinski definition) is 3. The monoisotopic (exact) mass is 269 g/mol. The van der Waals surface area contributed by atoms with Crippen LogP contribution in [-0.2, 0) is 9.53 Å². The molecule has 19 heavy (non-hydrogen) atoms. The van der Waals surface area contributed by atoms with Gasteiger partial charge >= 0.3 is 5.97 Å². The van der Waals surface area contributed by atoms with Gasteiger partial charge < -0.3 is 9.64 Å². The molecule has 1 aliphatic carbocycles. The molecule has 1 aromatic carbocycles. The van der Waals surface area contributed by atoms with Crippen molar-refractivity contribution in [2.24, 2.45) is 5.41 Å². The van der Waals surface area contributed by atoms with Crippen LogP contribution in [-0.4, -0.2) is 26.7 Å². The van der Waals surface area contributed by atoms with Crippen molar-refractivity contribution in [3.8, 4) is 0 Å². The van der Waals surface area contributed by atoms with E-state index in [2.05, 4.69) is 0 Å². The van der Waals surface area contributed by atoms with E-state index in [0.29, 0.717) is 6.54 Å². The number of rotatable bonds is 4. The van der Waals surface area contributed by atoms with E-state index in [1.54, 1.807) is 11.9 Å². The topological polar surface area (TPSA) is 29.5 Å². The number of halogens is 2. The number of ether oxygens (including phenoxy) is 1. The highest BCUT2D eigenvalue weighted by molar-refractivity contribution is 5.78. The number of nitrogens with zero attached hydrogens (tertiary/aromatic N) is 1. The van der Waals surface area contributed by atoms with Gasteiger partial charge in [-0.2, -0.15) is 0 Å². The minimum absolute atomic E-state index is 0.162. The molecule has 0 radical (unpaired) electrons. The molecule has 0 aliphatic heterocycles. The smallest absolute Gasteiger partial charge is 0.313 e. The molecule has 104 valence electrons. The van der Waals surface area contributed by atoms with Gasteiger partial charge in [0.05, 0.1) is 18.2 Å². The maximum absolute atomic E-state index is 13.7. The first-order chi connectivity index (χ1) is 8.98. The minimum atomic E-state index is -0.581. The summed E-state index contributed by atoms with van der Waals surface area (Å²) in [5, 5.41) is 0. The Balaban J connectivity index is 2.18. The van der Waals surface area contributed by atoms with Crippen LogP contribution in [0, 0.1) is 17.0 Å². The normalized spacial score (nSPS) is 16.6. The van der Waals surface area contributed by atoms with Gasteiger partial charge in [0.1, 0.15) is 11.6 Å². The molecule has 1 aromatic rings. The van der Waals surface area contributed by atoms with Crippen LogP contribution in [0.25, 0.3) is 0 Å². The lowest BCUT2D eigenvalue weighted by molar-refractivity contribution is -0.157. The van der Waals surface area contributed by atoms with Crippen LogP contribution in [0.1, 0.15) is 19.3 Å². The fourth-order valence-corrected chi connectivity index (χ4v) is 2.56. The predicted molar refractivity (Wildman–Crippen MR) is 67.9 cm³/mol. The van der Waals surface area contributed by atoms with Crippen molar-refractivity contribution in [2.75, 3.05) is 25.6 Å². The molecule has 5 heteroatoms. The van der Waals surface area contributed by atoms with Crippen LogP contribution in [0.2, 0.25) is 0 Å². The van der Waals surface area contributed by atoms with E-state index < -0.39 is 17.0 Å². The summed E-state index contributed by atoms with van der Waals surface area (Å²) in [5.41, 5.74) is -0.419. The lowest BCUT2D eigenvalue weighted by Gasteiger charge is -2.42. The van der Waals surface area contributed by atoms with Gasteiger partial charge in [-0.25, -0.2) is 8.78 Å². The Kier molecular flexibility index (Phi) is 3.73. The molecule has 0 saturated heterocycles. The van der Waals surface area contributed by atoms with Crippen LogP contribution < -0.4 is 4.90 Å². The zero-order valence-corrected chi connectivity index (χ0v) is 11.1. The van der Waals surface area contributed by atoms with Gasteiger partial charge in [-0.1, -0.05) is 6.42 Å². The highest BCUT2D eigenvalue weighted by Gasteiger charge is 2.46. The van der Waals surface area contributed by atoms with Crippen LogP contribution in [0.15, 0.2) is 18.2 Å². The molecule has 1 aliphatic rings. The van der Waals surface area contributed by atoms with Crippen molar-refractivity contribution in [2.45, 2.75) is 19.3 Å². The standard InChI is InChI=1S/C14H17F2NO2/c1-17(12-8-10(15)4-5-11(12)16)9-14(6-3-7-14)13(18)19-2/h4-5,8H,3,6-7,9H2,1-2H3. The first-order valence-electron chi connectivity index (χ1n) is 6.23. The number of carbonyl (C=O) groups is 1. The predicted octanol–water partition coefficient (Wildman–Crippen LogP) is 2.74. The lowest BCUT2D eigenvalue weighted by Crippen LogP contribution is -2.47. The summed E-state index contributed by atoms with van der Waals surface area (Å²) < 4.78 is 31.7. The van der Waals surface area contributed by atoms with Gasteiger partial charge in [-0.05, 0) is 25.0 Å². The molecule has 1 saturated carbocycles. The molecule has 0 unspecified atom stereocenters. The second-order valence-corrected chi connectivity index (χ2v) is 5.08. The summed E-state index contributed by atoms with van der Waals surface area (Å²) in [6, 6.07) is 3.30. The quantitative estimate of drug-likeness (QED) is 0.787. The maximum Gasteiger partial charge on any atom is 0.313 e. The average molecular weight is 269 g/mol. The fraction of sp³-hybridized carbons (Fsp3) is 0.500. The van der Waals surface area contributed by atoms with E-state index in [1.165, 1.54) is 7.11 Å². The molecule has 0 N–H and O–H groups in total. The summed E-state index contributed by atoms with van der Waals surface area (Å²) in [7, 11) is 3.01. The molecule has 0 bridgehead atoms. The molecule has 2 rings (SSSR count). The zero-order valence-electron chi connectivity index (χ0n) is 11.1. The second kappa shape index (κ2) is 5.15. The van der Waals surface area contributed by atoms with Crippen molar-refractivity contribution in [3.05, 3.63) is 29.8 Å². The lowest BCUT2D eigenvalue weighted by atomic mass is 9.68. The molecule has 3 nitrogen and oxygen atoms in total. The van der Waals surface area contributed by atoms with Crippen molar-refractivity contribution in [1.29, 1.82) is 0 Å². The van der Waals surface area contributed by atoms with Crippen LogP contribution in [0.5, 0.6) is 0 Å². The molecule has 1 fully saturated rings. The number of hydrogen-bond donors (Lipinski definition) is 0. The van der Waals surface area contributed by atoms with E-state index in [4.69, 9.17) is 4.74 Å². The first kappa shape index (κ1) is 13.8. The van der Waals surface area contributed by atoms with Gasteiger partial charge in [-0.15, -0.1) is 0 Å². The highest BCUT2D eigenvalue weighted by Crippen LogP contribution is 2.43. The Hall–Kier alpha value is -1.65. The average Bonchev–Trinajstić information content (AvgIpc) is 2.35. The van der Waals surface area contributed by atoms with Gasteiger partial charge in [0.25, 0.3) is 0 Å². The van der Waals surface area contributed by atoms with Crippen molar-refractivity contribution in [1.82, 2.24) is 0 Å². The molecule has 0 heterocycles. The third-order valence-electron chi connectivity index (χ3n) is 3.79. The molecule has 0 atom stereocenters. The number of carbonyl (C=O) groups excluding carboxylic acids is 1. The number of benzene rings is 1. The second-order valence-electron chi connectivity index (χ2n) is 5.08. The Labute approximate surface area is 111 Å². The van der Waals surface area contributed by atoms with Gasteiger partial charge in [0.15, 0.2) is 0 Å². The van der Waals surface area contributed by atoms with Crippen LogP contribution >= 0.6 is 0 Å². The van der Waals surface area contributed by atoms with Gasteiger partial charge in [0, 0.05) is 19.7 Å². The number of anilines is 1. The molecule has 0 amide bonds. The third kappa shape index (κ3) is 2.55. The van der Waals surface area contributed by atoms with E-state index in [0.717, 1.165) is 37.5 Å². The van der Waals surface area contributed by atoms with Gasteiger partial charge in [0.2, 0.25) is 0 Å². The van der Waals surface area contributed by atoms with Crippen LogP contribution in [0.3, 0.4) is 0 Å². The van der Waals surface area contributed by atoms with Gasteiger partial charge in [-0.3, -0.25) is 4.79 Å². The maximum atomic E-state index is 13.7. The molecule has 0 aromatic heterocycles. The summed E-state index contributed by atoms with van der Waals surface area (Å²) >= 11 is 0. The molecule has 0 spiro atoms. The van der Waals surface area contributed by atoms with E-state index in [-0.39, 0.29) is 11.7 Å². The minimum Gasteiger partial charge on any atom is -0.469 e. The van der Waals surface area contributed by atoms with Crippen molar-refractivity contribution >= 4 is 11.7 Å². The summed E-state index contributed by atoms with van der Waals surface area (Å²) in [5.74, 6) is -1.27. The SMILES string of the molecule is COC(=O)C1(CN(C)c2cc(F)ccc2F)CCC1. The third-order valence-corrected chi connectivity index (χ3v) is 3.79. The molecular formula is C14H17F2NO2. The van der Waals surface area contributed by atoms with E-state index >= 15 is 0 Å². The number of esters is 1. The van der Waals surface area contributed by atoms with Crippen molar-refractivity contribution < 1.29 is 18.3 Å². The Morgan fingerprint density at radius 2 is 2.11 bits per heavy atom. The number of methoxy groups -OCH3 is 1. The first-order valence-corrected chi connectivity index (χ1v) is 6.23. The Morgan fingerprint density at radius 3 is 2.63 bits per heavy atom. The zero-order chi connectivity index (χ0) is 14.0. The van der Waals surface area contributed by atoms with E-state index in [9.17, 15) is 13.6 Å². The highest BCUT2D eigenvalue weighted by atomic mass is 19.1. The van der Waals surface area contributed by atoms with Crippen molar-refractivity contribution in [3.63, 3.8) is 0 Å². The van der Waals surface area contributed by atoms with Crippen LogP contribution in [0.4, 0.5) is 14.5 Å². The summed E-state index contributed by atoms with van der Waals surface area (Å²) in [6.07, 6.45) is 2.40.